The molecule has 128 valence electrons. The average molecular weight is 448 g/mol. The van der Waals surface area contributed by atoms with Crippen LogP contribution in [-0.2, 0) is 40.1 Å². The molecule has 0 aliphatic carbocycles. The van der Waals surface area contributed by atoms with Crippen molar-refractivity contribution < 1.29 is 169 Å². The summed E-state index contributed by atoms with van der Waals surface area (Å²) in [5.74, 6) is 0. The normalized spacial score (nSPS) is 17.8. The predicted octanol–water partition coefficient (Wildman–Crippen LogP) is -18.6. The maximum Gasteiger partial charge on any atom is 1.00 e. The van der Waals surface area contributed by atoms with Gasteiger partial charge in [0.1, 0.15) is 0 Å². The number of rotatable bonds is 8. The van der Waals surface area contributed by atoms with Crippen LogP contribution in [0.4, 0.5) is 0 Å². The molecule has 0 amide bonds. The van der Waals surface area contributed by atoms with Crippen LogP contribution in [0.1, 0.15) is 0 Å². The fourth-order valence-electron chi connectivity index (χ4n) is 0.542. The molecule has 0 aromatic rings. The Labute approximate surface area is 206 Å². The third-order valence-corrected chi connectivity index (χ3v) is 7.26. The minimum Gasteiger partial charge on any atom is -0.790 e. The summed E-state index contributed by atoms with van der Waals surface area (Å²) in [6.45, 7) is 0. The molecule has 0 fully saturated rings. The molecule has 3 unspecified atom stereocenters. The van der Waals surface area contributed by atoms with E-state index in [0.717, 1.165) is 0 Å². The van der Waals surface area contributed by atoms with Gasteiger partial charge in [0.25, 0.3) is 23.5 Å². The van der Waals surface area contributed by atoms with Crippen molar-refractivity contribution in [1.82, 2.24) is 0 Å². The second kappa shape index (κ2) is 15.5. The summed E-state index contributed by atoms with van der Waals surface area (Å²) in [7, 11) is -31.3. The van der Waals surface area contributed by atoms with Crippen LogP contribution in [0.5, 0.6) is 0 Å². The average Bonchev–Trinajstić information content (AvgIpc) is 1.83. The van der Waals surface area contributed by atoms with Crippen molar-refractivity contribution >= 4 is 39.1 Å². The molecular weight excluding hydrogens is 446 g/mol. The summed E-state index contributed by atoms with van der Waals surface area (Å²) >= 11 is 0. The standard InChI is InChI=1S/5Li.H7O16P5/c;;;;;1-17(2,3)13-19(7,8)15-21(11,12)16-20(9,10)14-18(4,5)6/h;;;;;(H,7,8)(H,9,10)(H,11,12)(H2,1,2,3)(H2,4,5,6)/q5*+1;/p-5. The molecule has 0 saturated heterocycles. The van der Waals surface area contributed by atoms with Crippen molar-refractivity contribution in [3.63, 3.8) is 0 Å². The monoisotopic (exact) mass is 448 g/mol. The maximum atomic E-state index is 10.8. The Morgan fingerprint density at radius 1 is 0.500 bits per heavy atom. The van der Waals surface area contributed by atoms with E-state index in [-0.39, 0.29) is 94.3 Å². The fraction of sp³-hybridized carbons (Fsp3) is 0. The van der Waals surface area contributed by atoms with Gasteiger partial charge in [0.05, 0.1) is 7.82 Å². The van der Waals surface area contributed by atoms with Gasteiger partial charge in [-0.3, -0.25) is 18.0 Å². The van der Waals surface area contributed by atoms with Crippen molar-refractivity contribution in [3.05, 3.63) is 0 Å². The molecule has 0 radical (unpaired) electrons. The van der Waals surface area contributed by atoms with Gasteiger partial charge in [-0.05, 0) is 0 Å². The molecule has 0 aliphatic heterocycles. The van der Waals surface area contributed by atoms with E-state index in [0.29, 0.717) is 0 Å². The van der Waals surface area contributed by atoms with Gasteiger partial charge in [-0.25, -0.2) is 17.5 Å². The molecule has 3 atom stereocenters. The van der Waals surface area contributed by atoms with E-state index in [4.69, 9.17) is 9.79 Å². The zero-order valence-electron chi connectivity index (χ0n) is 13.8. The number of hydrogen-bond acceptors (Lipinski definition) is 14. The van der Waals surface area contributed by atoms with E-state index in [1.54, 1.807) is 0 Å². The van der Waals surface area contributed by atoms with E-state index < -0.39 is 39.1 Å². The van der Waals surface area contributed by atoms with Crippen molar-refractivity contribution in [2.45, 2.75) is 0 Å². The van der Waals surface area contributed by atoms with Gasteiger partial charge in [-0.1, -0.05) is 0 Å². The zero-order chi connectivity index (χ0) is 17.3. The van der Waals surface area contributed by atoms with E-state index in [1.807, 2.05) is 0 Å². The molecule has 0 heterocycles. The summed E-state index contributed by atoms with van der Waals surface area (Å²) in [6.07, 6.45) is 0. The van der Waals surface area contributed by atoms with Crippen molar-refractivity contribution in [3.8, 4) is 0 Å². The molecule has 0 rings (SSSR count). The van der Waals surface area contributed by atoms with Crippen LogP contribution in [0, 0.1) is 0 Å². The van der Waals surface area contributed by atoms with E-state index in [1.165, 1.54) is 0 Å². The first-order valence-electron chi connectivity index (χ1n) is 3.69. The second-order valence-electron chi connectivity index (χ2n) is 2.61. The molecule has 26 heteroatoms. The molecule has 16 nitrogen and oxygen atoms in total. The fourth-order valence-corrected chi connectivity index (χ4v) is 5.69. The summed E-state index contributed by atoms with van der Waals surface area (Å²) in [5, 5.41) is 0. The topological polar surface area (TPSA) is 278 Å². The molecule has 26 heavy (non-hydrogen) atoms. The largest absolute Gasteiger partial charge is 1.00 e. The summed E-state index contributed by atoms with van der Waals surface area (Å²) in [4.78, 5) is 68.0. The van der Waals surface area contributed by atoms with Gasteiger partial charge in [-0.15, -0.1) is 0 Å². The molecular formula is H2Li5O16P5. The Morgan fingerprint density at radius 2 is 0.731 bits per heavy atom. The van der Waals surface area contributed by atoms with Gasteiger partial charge in [0, 0.05) is 0 Å². The Hall–Kier alpha value is 3.70. The van der Waals surface area contributed by atoms with Gasteiger partial charge in [-0.2, -0.15) is 0 Å². The predicted molar refractivity (Wildman–Crippen MR) is 46.8 cm³/mol. The minimum absolute atomic E-state index is 0. The molecule has 0 aromatic heterocycles. The first-order valence-corrected chi connectivity index (χ1v) is 11.1. The SMILES string of the molecule is O=P([O-])([O-])OP(=O)([O-])OP(=O)([O-])OP(=O)([O-])OP(=O)(O)O.[Li+].[Li+].[Li+].[Li+].[Li+]. The van der Waals surface area contributed by atoms with Crippen LogP contribution >= 0.6 is 39.1 Å². The molecule has 0 aliphatic rings. The second-order valence-corrected chi connectivity index (χ2v) is 9.78. The van der Waals surface area contributed by atoms with Crippen molar-refractivity contribution in [2.24, 2.45) is 0 Å². The van der Waals surface area contributed by atoms with Crippen LogP contribution in [0.25, 0.3) is 0 Å². The Morgan fingerprint density at radius 3 is 0.962 bits per heavy atom. The molecule has 0 aromatic carbocycles. The van der Waals surface area contributed by atoms with Gasteiger partial charge in [0.15, 0.2) is 0 Å². The molecule has 0 spiro atoms. The third kappa shape index (κ3) is 25.7. The number of phosphoric acid groups is 5. The quantitative estimate of drug-likeness (QED) is 0.258. The van der Waals surface area contributed by atoms with E-state index in [9.17, 15) is 47.3 Å². The number of hydrogen-bond donors (Lipinski definition) is 2. The Bertz CT molecular complexity index is 565. The minimum atomic E-state index is -6.50. The van der Waals surface area contributed by atoms with Crippen LogP contribution in [0.2, 0.25) is 0 Å². The Kier molecular flexibility index (Phi) is 25.9. The summed E-state index contributed by atoms with van der Waals surface area (Å²) in [6, 6.07) is 0. The first-order chi connectivity index (χ1) is 8.83. The molecule has 2 N–H and O–H groups in total. The first kappa shape index (κ1) is 43.6. The van der Waals surface area contributed by atoms with Crippen molar-refractivity contribution in [1.29, 1.82) is 0 Å². The van der Waals surface area contributed by atoms with Crippen LogP contribution in [-0.4, -0.2) is 9.79 Å². The summed E-state index contributed by atoms with van der Waals surface area (Å²) < 4.78 is 63.3. The smallest absolute Gasteiger partial charge is 0.790 e. The van der Waals surface area contributed by atoms with E-state index >= 15 is 0 Å². The maximum absolute atomic E-state index is 10.8. The third-order valence-electron chi connectivity index (χ3n) is 0.806. The van der Waals surface area contributed by atoms with Gasteiger partial charge in [0.2, 0.25) is 0 Å². The van der Waals surface area contributed by atoms with Gasteiger partial charge >= 0.3 is 102 Å². The molecule has 0 bridgehead atoms. The summed E-state index contributed by atoms with van der Waals surface area (Å²) in [5.41, 5.74) is 0. The zero-order valence-corrected chi connectivity index (χ0v) is 18.3. The van der Waals surface area contributed by atoms with Crippen LogP contribution in [0.15, 0.2) is 0 Å². The Balaban J connectivity index is -0.000000200. The molecule has 0 saturated carbocycles. The van der Waals surface area contributed by atoms with Crippen molar-refractivity contribution in [2.75, 3.05) is 0 Å². The van der Waals surface area contributed by atoms with Crippen LogP contribution < -0.4 is 119 Å². The van der Waals surface area contributed by atoms with Crippen LogP contribution in [0.3, 0.4) is 0 Å². The van der Waals surface area contributed by atoms with Gasteiger partial charge < -0.3 is 38.8 Å². The van der Waals surface area contributed by atoms with E-state index in [2.05, 4.69) is 17.2 Å².